The van der Waals surface area contributed by atoms with Crippen LogP contribution in [-0.2, 0) is 6.54 Å². The van der Waals surface area contributed by atoms with Crippen LogP contribution in [-0.4, -0.2) is 35.1 Å². The standard InChI is InChI=1S/C19H25N3.ClH/c1-2-8-19(9-3-1)15-20-11-12-22(19)14-16-6-7-18-17(13-16)5-4-10-21-18;/h4-7,10,13,20H,1-3,8-9,11-12,14-15H2;1H. The van der Waals surface area contributed by atoms with Crippen LogP contribution in [0.25, 0.3) is 10.9 Å². The minimum Gasteiger partial charge on any atom is -0.314 e. The Morgan fingerprint density at radius 1 is 1.13 bits per heavy atom. The molecule has 1 saturated heterocycles. The molecule has 3 nitrogen and oxygen atoms in total. The third kappa shape index (κ3) is 3.37. The van der Waals surface area contributed by atoms with Crippen molar-refractivity contribution in [3.8, 4) is 0 Å². The summed E-state index contributed by atoms with van der Waals surface area (Å²) in [5.74, 6) is 0. The lowest BCUT2D eigenvalue weighted by atomic mass is 9.79. The molecule has 1 aliphatic heterocycles. The summed E-state index contributed by atoms with van der Waals surface area (Å²) in [5, 5.41) is 4.90. The molecule has 0 radical (unpaired) electrons. The first-order valence-electron chi connectivity index (χ1n) is 8.65. The first kappa shape index (κ1) is 16.7. The van der Waals surface area contributed by atoms with Crippen molar-refractivity contribution < 1.29 is 0 Å². The normalized spacial score (nSPS) is 21.2. The topological polar surface area (TPSA) is 28.2 Å². The SMILES string of the molecule is Cl.c1cnc2ccc(CN3CCNCC34CCCCC4)cc2c1. The Balaban J connectivity index is 0.00000156. The first-order chi connectivity index (χ1) is 10.9. The van der Waals surface area contributed by atoms with E-state index in [0.717, 1.165) is 18.6 Å². The quantitative estimate of drug-likeness (QED) is 0.908. The van der Waals surface area contributed by atoms with Gasteiger partial charge in [0.15, 0.2) is 0 Å². The summed E-state index contributed by atoms with van der Waals surface area (Å²) in [6.45, 7) is 4.54. The number of nitrogens with zero attached hydrogens (tertiary/aromatic N) is 2. The molecule has 0 unspecified atom stereocenters. The number of aromatic nitrogens is 1. The van der Waals surface area contributed by atoms with Crippen molar-refractivity contribution in [1.29, 1.82) is 0 Å². The zero-order valence-corrected chi connectivity index (χ0v) is 14.4. The third-order valence-corrected chi connectivity index (χ3v) is 5.51. The predicted molar refractivity (Wildman–Crippen MR) is 98.1 cm³/mol. The molecule has 2 aromatic rings. The molecule has 1 aliphatic carbocycles. The van der Waals surface area contributed by atoms with Crippen molar-refractivity contribution in [3.05, 3.63) is 42.1 Å². The van der Waals surface area contributed by atoms with E-state index in [2.05, 4.69) is 39.5 Å². The van der Waals surface area contributed by atoms with Crippen LogP contribution in [0.3, 0.4) is 0 Å². The van der Waals surface area contributed by atoms with Crippen molar-refractivity contribution in [2.75, 3.05) is 19.6 Å². The number of halogens is 1. The zero-order valence-electron chi connectivity index (χ0n) is 13.6. The molecular formula is C19H26ClN3. The molecule has 2 aliphatic rings. The molecule has 4 rings (SSSR count). The number of pyridine rings is 1. The van der Waals surface area contributed by atoms with Gasteiger partial charge in [-0.2, -0.15) is 0 Å². The Bertz CT molecular complexity index is 644. The van der Waals surface area contributed by atoms with Gasteiger partial charge < -0.3 is 5.32 Å². The number of nitrogens with one attached hydrogen (secondary N) is 1. The van der Waals surface area contributed by atoms with Gasteiger partial charge in [-0.15, -0.1) is 12.4 Å². The molecule has 1 aromatic carbocycles. The van der Waals surface area contributed by atoms with Crippen LogP contribution in [0.15, 0.2) is 36.5 Å². The summed E-state index contributed by atoms with van der Waals surface area (Å²) >= 11 is 0. The lowest BCUT2D eigenvalue weighted by molar-refractivity contribution is 0.0209. The minimum atomic E-state index is 0. The average molecular weight is 332 g/mol. The number of hydrogen-bond donors (Lipinski definition) is 1. The molecule has 1 spiro atoms. The Morgan fingerprint density at radius 3 is 2.87 bits per heavy atom. The van der Waals surface area contributed by atoms with Crippen LogP contribution in [0.4, 0.5) is 0 Å². The minimum absolute atomic E-state index is 0. The number of hydrogen-bond acceptors (Lipinski definition) is 3. The maximum atomic E-state index is 4.43. The van der Waals surface area contributed by atoms with Crippen molar-refractivity contribution in [1.82, 2.24) is 15.2 Å². The van der Waals surface area contributed by atoms with Crippen LogP contribution < -0.4 is 5.32 Å². The predicted octanol–water partition coefficient (Wildman–Crippen LogP) is 3.76. The van der Waals surface area contributed by atoms with Crippen molar-refractivity contribution in [2.24, 2.45) is 0 Å². The maximum Gasteiger partial charge on any atom is 0.0702 e. The van der Waals surface area contributed by atoms with Gasteiger partial charge in [0.25, 0.3) is 0 Å². The fourth-order valence-corrected chi connectivity index (χ4v) is 4.28. The van der Waals surface area contributed by atoms with E-state index in [1.807, 2.05) is 12.3 Å². The van der Waals surface area contributed by atoms with E-state index in [0.29, 0.717) is 5.54 Å². The van der Waals surface area contributed by atoms with E-state index in [-0.39, 0.29) is 12.4 Å². The van der Waals surface area contributed by atoms with Gasteiger partial charge in [-0.05, 0) is 36.6 Å². The van der Waals surface area contributed by atoms with E-state index >= 15 is 0 Å². The Morgan fingerprint density at radius 2 is 2.00 bits per heavy atom. The number of rotatable bonds is 2. The molecule has 1 aromatic heterocycles. The molecule has 4 heteroatoms. The van der Waals surface area contributed by atoms with Crippen molar-refractivity contribution >= 4 is 23.3 Å². The molecule has 124 valence electrons. The summed E-state index contributed by atoms with van der Waals surface area (Å²) in [7, 11) is 0. The highest BCUT2D eigenvalue weighted by molar-refractivity contribution is 5.85. The van der Waals surface area contributed by atoms with Gasteiger partial charge in [0.05, 0.1) is 5.52 Å². The van der Waals surface area contributed by atoms with Gasteiger partial charge in [-0.25, -0.2) is 0 Å². The van der Waals surface area contributed by atoms with E-state index in [4.69, 9.17) is 0 Å². The Labute approximate surface area is 144 Å². The van der Waals surface area contributed by atoms with E-state index in [9.17, 15) is 0 Å². The molecule has 2 fully saturated rings. The molecule has 23 heavy (non-hydrogen) atoms. The van der Waals surface area contributed by atoms with E-state index in [1.165, 1.54) is 56.1 Å². The highest BCUT2D eigenvalue weighted by Crippen LogP contribution is 2.35. The van der Waals surface area contributed by atoms with Gasteiger partial charge in [0.1, 0.15) is 0 Å². The van der Waals surface area contributed by atoms with Gasteiger partial charge in [-0.3, -0.25) is 9.88 Å². The van der Waals surface area contributed by atoms with Crippen LogP contribution in [0.5, 0.6) is 0 Å². The first-order valence-corrected chi connectivity index (χ1v) is 8.65. The molecule has 1 N–H and O–H groups in total. The molecule has 1 saturated carbocycles. The number of fused-ring (bicyclic) bond motifs is 1. The van der Waals surface area contributed by atoms with Crippen LogP contribution >= 0.6 is 12.4 Å². The summed E-state index contributed by atoms with van der Waals surface area (Å²) in [6, 6.07) is 10.9. The fourth-order valence-electron chi connectivity index (χ4n) is 4.28. The average Bonchev–Trinajstić information content (AvgIpc) is 2.58. The molecule has 2 heterocycles. The van der Waals surface area contributed by atoms with Gasteiger partial charge in [0.2, 0.25) is 0 Å². The summed E-state index contributed by atoms with van der Waals surface area (Å²) in [5.41, 5.74) is 2.92. The second-order valence-electron chi connectivity index (χ2n) is 6.91. The third-order valence-electron chi connectivity index (χ3n) is 5.51. The van der Waals surface area contributed by atoms with Crippen LogP contribution in [0.1, 0.15) is 37.7 Å². The fraction of sp³-hybridized carbons (Fsp3) is 0.526. The zero-order chi connectivity index (χ0) is 14.8. The van der Waals surface area contributed by atoms with Crippen molar-refractivity contribution in [2.45, 2.75) is 44.2 Å². The summed E-state index contributed by atoms with van der Waals surface area (Å²) in [4.78, 5) is 7.18. The van der Waals surface area contributed by atoms with E-state index in [1.54, 1.807) is 0 Å². The smallest absolute Gasteiger partial charge is 0.0702 e. The molecular weight excluding hydrogens is 306 g/mol. The van der Waals surface area contributed by atoms with Crippen LogP contribution in [0, 0.1) is 0 Å². The number of benzene rings is 1. The van der Waals surface area contributed by atoms with Gasteiger partial charge in [0, 0.05) is 43.3 Å². The molecule has 0 bridgehead atoms. The summed E-state index contributed by atoms with van der Waals surface area (Å²) in [6.07, 6.45) is 8.77. The maximum absolute atomic E-state index is 4.43. The Kier molecular flexibility index (Phi) is 5.20. The van der Waals surface area contributed by atoms with Gasteiger partial charge >= 0.3 is 0 Å². The highest BCUT2D eigenvalue weighted by atomic mass is 35.5. The summed E-state index contributed by atoms with van der Waals surface area (Å²) < 4.78 is 0. The van der Waals surface area contributed by atoms with Gasteiger partial charge in [-0.1, -0.05) is 31.4 Å². The largest absolute Gasteiger partial charge is 0.314 e. The van der Waals surface area contributed by atoms with E-state index < -0.39 is 0 Å². The second kappa shape index (κ2) is 7.16. The monoisotopic (exact) mass is 331 g/mol. The highest BCUT2D eigenvalue weighted by Gasteiger charge is 2.39. The molecule has 0 amide bonds. The van der Waals surface area contributed by atoms with Crippen molar-refractivity contribution in [3.63, 3.8) is 0 Å². The lowest BCUT2D eigenvalue weighted by Crippen LogP contribution is -2.61. The Hall–Kier alpha value is -1.16. The van der Waals surface area contributed by atoms with Crippen LogP contribution in [0.2, 0.25) is 0 Å². The number of piperazine rings is 1. The molecule has 0 atom stereocenters. The lowest BCUT2D eigenvalue weighted by Gasteiger charge is -2.50. The second-order valence-corrected chi connectivity index (χ2v) is 6.91.